The Bertz CT molecular complexity index is 466. The van der Waals surface area contributed by atoms with Gasteiger partial charge in [-0.05, 0) is 18.2 Å². The highest BCUT2D eigenvalue weighted by molar-refractivity contribution is 5.95. The third-order valence-electron chi connectivity index (χ3n) is 3.10. The van der Waals surface area contributed by atoms with Gasteiger partial charge in [0.05, 0.1) is 33.0 Å². The summed E-state index contributed by atoms with van der Waals surface area (Å²) in [5.41, 5.74) is 0.332. The lowest BCUT2D eigenvalue weighted by Crippen LogP contribution is -2.50. The van der Waals surface area contributed by atoms with Gasteiger partial charge in [-0.3, -0.25) is 4.79 Å². The molecule has 1 aliphatic rings. The zero-order valence-corrected chi connectivity index (χ0v) is 10.6. The molecular formula is C13H16FNO4. The fourth-order valence-electron chi connectivity index (χ4n) is 2.03. The molecule has 1 saturated heterocycles. The van der Waals surface area contributed by atoms with E-state index in [1.54, 1.807) is 0 Å². The molecule has 1 fully saturated rings. The minimum Gasteiger partial charge on any atom is -0.494 e. The molecule has 0 radical (unpaired) electrons. The Kier molecular flexibility index (Phi) is 4.34. The minimum absolute atomic E-state index is 0.0275. The molecule has 0 spiro atoms. The van der Waals surface area contributed by atoms with Crippen molar-refractivity contribution >= 4 is 5.91 Å². The van der Waals surface area contributed by atoms with Crippen LogP contribution in [0.4, 0.5) is 4.39 Å². The first-order valence-electron chi connectivity index (χ1n) is 6.00. The number of morpholine rings is 1. The number of benzene rings is 1. The summed E-state index contributed by atoms with van der Waals surface area (Å²) >= 11 is 0. The van der Waals surface area contributed by atoms with Crippen molar-refractivity contribution in [2.75, 3.05) is 33.5 Å². The zero-order valence-electron chi connectivity index (χ0n) is 10.6. The van der Waals surface area contributed by atoms with E-state index >= 15 is 0 Å². The van der Waals surface area contributed by atoms with Gasteiger partial charge >= 0.3 is 0 Å². The average molecular weight is 269 g/mol. The molecule has 1 N–H and O–H groups in total. The number of rotatable bonds is 3. The molecule has 5 nitrogen and oxygen atoms in total. The van der Waals surface area contributed by atoms with Gasteiger partial charge in [0.2, 0.25) is 0 Å². The third kappa shape index (κ3) is 2.85. The van der Waals surface area contributed by atoms with Gasteiger partial charge in [-0.1, -0.05) is 0 Å². The first-order valence-corrected chi connectivity index (χ1v) is 6.00. The number of aliphatic hydroxyl groups excluding tert-OH is 1. The molecule has 1 aliphatic heterocycles. The number of carbonyl (C=O) groups is 1. The molecule has 1 aromatic rings. The number of amides is 1. The second kappa shape index (κ2) is 5.99. The summed E-state index contributed by atoms with van der Waals surface area (Å²) in [6.45, 7) is 0.981. The van der Waals surface area contributed by atoms with Crippen molar-refractivity contribution < 1.29 is 23.8 Å². The van der Waals surface area contributed by atoms with Gasteiger partial charge in [-0.15, -0.1) is 0 Å². The summed E-state index contributed by atoms with van der Waals surface area (Å²) in [6, 6.07) is 3.60. The first kappa shape index (κ1) is 13.8. The Balaban J connectivity index is 2.22. The maximum Gasteiger partial charge on any atom is 0.254 e. The molecule has 0 bridgehead atoms. The average Bonchev–Trinajstić information content (AvgIpc) is 2.47. The molecular weight excluding hydrogens is 253 g/mol. The highest BCUT2D eigenvalue weighted by Gasteiger charge is 2.27. The molecule has 1 heterocycles. The van der Waals surface area contributed by atoms with Crippen LogP contribution in [0.3, 0.4) is 0 Å². The summed E-state index contributed by atoms with van der Waals surface area (Å²) in [5, 5.41) is 9.24. The molecule has 1 atom stereocenters. The van der Waals surface area contributed by atoms with Crippen molar-refractivity contribution in [2.45, 2.75) is 6.04 Å². The zero-order chi connectivity index (χ0) is 13.8. The lowest BCUT2D eigenvalue weighted by molar-refractivity contribution is -0.0184. The van der Waals surface area contributed by atoms with E-state index in [9.17, 15) is 14.3 Å². The van der Waals surface area contributed by atoms with Crippen LogP contribution in [0, 0.1) is 5.82 Å². The van der Waals surface area contributed by atoms with Crippen molar-refractivity contribution in [2.24, 2.45) is 0 Å². The van der Waals surface area contributed by atoms with E-state index in [4.69, 9.17) is 9.47 Å². The standard InChI is InChI=1S/C13H16FNO4/c1-18-12-6-9(2-3-11(12)14)13(17)15-4-5-19-8-10(15)7-16/h2-3,6,10,16H,4-5,7-8H2,1H3/t10-/m1/s1. The maximum atomic E-state index is 13.3. The number of hydrogen-bond acceptors (Lipinski definition) is 4. The van der Waals surface area contributed by atoms with Gasteiger partial charge in [0.1, 0.15) is 0 Å². The van der Waals surface area contributed by atoms with Crippen molar-refractivity contribution in [3.63, 3.8) is 0 Å². The van der Waals surface area contributed by atoms with Crippen LogP contribution in [0.5, 0.6) is 5.75 Å². The van der Waals surface area contributed by atoms with E-state index in [0.717, 1.165) is 0 Å². The smallest absolute Gasteiger partial charge is 0.254 e. The van der Waals surface area contributed by atoms with Crippen LogP contribution in [-0.2, 0) is 4.74 Å². The second-order valence-corrected chi connectivity index (χ2v) is 4.26. The largest absolute Gasteiger partial charge is 0.494 e. The van der Waals surface area contributed by atoms with Crippen LogP contribution in [0.1, 0.15) is 10.4 Å². The number of ether oxygens (including phenoxy) is 2. The normalized spacial score (nSPS) is 19.3. The summed E-state index contributed by atoms with van der Waals surface area (Å²) in [5.74, 6) is -0.750. The number of halogens is 1. The minimum atomic E-state index is -0.514. The van der Waals surface area contributed by atoms with Crippen LogP contribution in [-0.4, -0.2) is 55.4 Å². The van der Waals surface area contributed by atoms with E-state index in [1.165, 1.54) is 30.2 Å². The Morgan fingerprint density at radius 1 is 1.63 bits per heavy atom. The van der Waals surface area contributed by atoms with Crippen LogP contribution >= 0.6 is 0 Å². The fourth-order valence-corrected chi connectivity index (χ4v) is 2.03. The Labute approximate surface area is 110 Å². The highest BCUT2D eigenvalue weighted by atomic mass is 19.1. The van der Waals surface area contributed by atoms with Crippen molar-refractivity contribution in [1.82, 2.24) is 4.90 Å². The quantitative estimate of drug-likeness (QED) is 0.876. The van der Waals surface area contributed by atoms with Crippen molar-refractivity contribution in [3.8, 4) is 5.75 Å². The van der Waals surface area contributed by atoms with E-state index in [-0.39, 0.29) is 24.3 Å². The summed E-state index contributed by atoms with van der Waals surface area (Å²) in [6.07, 6.45) is 0. The Morgan fingerprint density at radius 2 is 2.42 bits per heavy atom. The Morgan fingerprint density at radius 3 is 3.11 bits per heavy atom. The van der Waals surface area contributed by atoms with E-state index < -0.39 is 5.82 Å². The lowest BCUT2D eigenvalue weighted by Gasteiger charge is -2.34. The van der Waals surface area contributed by atoms with E-state index in [1.807, 2.05) is 0 Å². The van der Waals surface area contributed by atoms with E-state index in [0.29, 0.717) is 25.3 Å². The van der Waals surface area contributed by atoms with Gasteiger partial charge in [-0.2, -0.15) is 0 Å². The number of hydrogen-bond donors (Lipinski definition) is 1. The second-order valence-electron chi connectivity index (χ2n) is 4.26. The molecule has 1 aromatic carbocycles. The summed E-state index contributed by atoms with van der Waals surface area (Å²) in [7, 11) is 1.35. The number of carbonyl (C=O) groups excluding carboxylic acids is 1. The molecule has 0 saturated carbocycles. The summed E-state index contributed by atoms with van der Waals surface area (Å²) < 4.78 is 23.4. The SMILES string of the molecule is COc1cc(C(=O)N2CCOC[C@H]2CO)ccc1F. The third-order valence-corrected chi connectivity index (χ3v) is 3.10. The maximum absolute atomic E-state index is 13.3. The number of nitrogens with zero attached hydrogens (tertiary/aromatic N) is 1. The summed E-state index contributed by atoms with van der Waals surface area (Å²) in [4.78, 5) is 13.9. The molecule has 104 valence electrons. The molecule has 0 aromatic heterocycles. The van der Waals surface area contributed by atoms with Gasteiger partial charge in [-0.25, -0.2) is 4.39 Å². The molecule has 6 heteroatoms. The monoisotopic (exact) mass is 269 g/mol. The Hall–Kier alpha value is -1.66. The first-order chi connectivity index (χ1) is 9.17. The van der Waals surface area contributed by atoms with E-state index in [2.05, 4.69) is 0 Å². The molecule has 0 unspecified atom stereocenters. The molecule has 0 aliphatic carbocycles. The van der Waals surface area contributed by atoms with Gasteiger partial charge in [0, 0.05) is 12.1 Å². The highest BCUT2D eigenvalue weighted by Crippen LogP contribution is 2.20. The predicted molar refractivity (Wildman–Crippen MR) is 65.7 cm³/mol. The van der Waals surface area contributed by atoms with Crippen LogP contribution in [0.25, 0.3) is 0 Å². The fraction of sp³-hybridized carbons (Fsp3) is 0.462. The molecule has 19 heavy (non-hydrogen) atoms. The molecule has 2 rings (SSSR count). The van der Waals surface area contributed by atoms with Crippen LogP contribution in [0.15, 0.2) is 18.2 Å². The van der Waals surface area contributed by atoms with Crippen molar-refractivity contribution in [1.29, 1.82) is 0 Å². The lowest BCUT2D eigenvalue weighted by atomic mass is 10.1. The predicted octanol–water partition coefficient (Wildman–Crippen LogP) is 0.668. The van der Waals surface area contributed by atoms with Crippen LogP contribution < -0.4 is 4.74 Å². The number of methoxy groups -OCH3 is 1. The van der Waals surface area contributed by atoms with Crippen LogP contribution in [0.2, 0.25) is 0 Å². The molecule has 1 amide bonds. The van der Waals surface area contributed by atoms with Crippen molar-refractivity contribution in [3.05, 3.63) is 29.6 Å². The number of aliphatic hydroxyl groups is 1. The van der Waals surface area contributed by atoms with Gasteiger partial charge < -0.3 is 19.5 Å². The van der Waals surface area contributed by atoms with Gasteiger partial charge in [0.15, 0.2) is 11.6 Å². The topological polar surface area (TPSA) is 59.0 Å². The van der Waals surface area contributed by atoms with Gasteiger partial charge in [0.25, 0.3) is 5.91 Å².